The molecule has 0 spiro atoms. The van der Waals surface area contributed by atoms with Crippen LogP contribution >= 0.6 is 0 Å². The Labute approximate surface area is 89.2 Å². The van der Waals surface area contributed by atoms with Crippen LogP contribution in [0, 0.1) is 16.7 Å². The maximum Gasteiger partial charge on any atom is 0.138 e. The maximum absolute atomic E-state index is 14.0. The van der Waals surface area contributed by atoms with E-state index in [0.29, 0.717) is 32.5 Å². The van der Waals surface area contributed by atoms with Crippen molar-refractivity contribution in [3.05, 3.63) is 0 Å². The third-order valence-electron chi connectivity index (χ3n) is 3.23. The van der Waals surface area contributed by atoms with Gasteiger partial charge in [0.25, 0.3) is 0 Å². The van der Waals surface area contributed by atoms with Gasteiger partial charge in [-0.1, -0.05) is 0 Å². The second-order valence-corrected chi connectivity index (χ2v) is 4.97. The van der Waals surface area contributed by atoms with Gasteiger partial charge >= 0.3 is 0 Å². The summed E-state index contributed by atoms with van der Waals surface area (Å²) in [6.45, 7) is 2.96. The highest BCUT2D eigenvalue weighted by atomic mass is 19.1. The lowest BCUT2D eigenvalue weighted by Gasteiger charge is -2.21. The molecule has 0 amide bonds. The molecule has 4 heteroatoms. The first-order valence-electron chi connectivity index (χ1n) is 5.35. The molecule has 2 saturated heterocycles. The van der Waals surface area contributed by atoms with Gasteiger partial charge in [0, 0.05) is 19.4 Å². The van der Waals surface area contributed by atoms with Crippen LogP contribution in [0.2, 0.25) is 0 Å². The Kier molecular flexibility index (Phi) is 2.70. The highest BCUT2D eigenvalue weighted by Crippen LogP contribution is 2.38. The van der Waals surface area contributed by atoms with Gasteiger partial charge < -0.3 is 9.47 Å². The van der Waals surface area contributed by atoms with Gasteiger partial charge in [-0.3, -0.25) is 0 Å². The summed E-state index contributed by atoms with van der Waals surface area (Å²) in [5, 5.41) is 8.92. The Morgan fingerprint density at radius 3 is 2.87 bits per heavy atom. The molecule has 3 atom stereocenters. The van der Waals surface area contributed by atoms with E-state index in [4.69, 9.17) is 14.7 Å². The Balaban J connectivity index is 1.90. The zero-order chi connectivity index (χ0) is 10.9. The maximum atomic E-state index is 14.0. The van der Waals surface area contributed by atoms with Crippen LogP contribution in [-0.4, -0.2) is 31.6 Å². The average Bonchev–Trinajstić information content (AvgIpc) is 2.75. The second kappa shape index (κ2) is 3.73. The van der Waals surface area contributed by atoms with E-state index >= 15 is 0 Å². The number of hydrogen-bond acceptors (Lipinski definition) is 3. The van der Waals surface area contributed by atoms with E-state index in [1.165, 1.54) is 0 Å². The van der Waals surface area contributed by atoms with Gasteiger partial charge in [-0.15, -0.1) is 0 Å². The average molecular weight is 213 g/mol. The summed E-state index contributed by atoms with van der Waals surface area (Å²) >= 11 is 0. The first kappa shape index (κ1) is 10.8. The van der Waals surface area contributed by atoms with Crippen molar-refractivity contribution in [2.45, 2.75) is 38.0 Å². The Morgan fingerprint density at radius 2 is 2.33 bits per heavy atom. The lowest BCUT2D eigenvalue weighted by atomic mass is 9.86. The van der Waals surface area contributed by atoms with E-state index in [-0.39, 0.29) is 12.7 Å². The molecule has 2 unspecified atom stereocenters. The van der Waals surface area contributed by atoms with Crippen LogP contribution in [-0.2, 0) is 9.47 Å². The van der Waals surface area contributed by atoms with Crippen LogP contribution in [0.25, 0.3) is 0 Å². The summed E-state index contributed by atoms with van der Waals surface area (Å²) in [7, 11) is 0. The summed E-state index contributed by atoms with van der Waals surface area (Å²) in [5.41, 5.74) is -1.66. The predicted octanol–water partition coefficient (Wildman–Crippen LogP) is 1.82. The van der Waals surface area contributed by atoms with Crippen LogP contribution in [0.5, 0.6) is 0 Å². The van der Waals surface area contributed by atoms with E-state index in [1.54, 1.807) is 0 Å². The van der Waals surface area contributed by atoms with Gasteiger partial charge in [0.1, 0.15) is 5.67 Å². The van der Waals surface area contributed by atoms with E-state index in [0.717, 1.165) is 0 Å². The summed E-state index contributed by atoms with van der Waals surface area (Å²) in [6.07, 6.45) is 1.33. The highest BCUT2D eigenvalue weighted by Gasteiger charge is 2.43. The third kappa shape index (κ3) is 2.30. The van der Waals surface area contributed by atoms with Gasteiger partial charge in [-0.25, -0.2) is 4.39 Å². The molecule has 2 aliphatic rings. The van der Waals surface area contributed by atoms with Crippen molar-refractivity contribution in [3.8, 4) is 6.07 Å². The van der Waals surface area contributed by atoms with Crippen LogP contribution in [0.4, 0.5) is 4.39 Å². The summed E-state index contributed by atoms with van der Waals surface area (Å²) < 4.78 is 24.6. The lowest BCUT2D eigenvalue weighted by molar-refractivity contribution is 0.0296. The fraction of sp³-hybridized carbons (Fsp3) is 0.909. The highest BCUT2D eigenvalue weighted by molar-refractivity contribution is 5.02. The molecule has 84 valence electrons. The molecule has 3 nitrogen and oxygen atoms in total. The van der Waals surface area contributed by atoms with Crippen LogP contribution in [0.3, 0.4) is 0 Å². The monoisotopic (exact) mass is 213 g/mol. The summed E-state index contributed by atoms with van der Waals surface area (Å²) in [5.74, 6) is 0. The standard InChI is InChI=1S/C11H16FNO2/c1-10(6-13)4-9(15-7-10)5-11(12)2-3-14-8-11/h9H,2-5,7-8H2,1H3/t9?,10-,11?/m1/s1. The molecule has 2 fully saturated rings. The molecule has 2 aliphatic heterocycles. The van der Waals surface area contributed by atoms with Crippen molar-refractivity contribution in [3.63, 3.8) is 0 Å². The number of alkyl halides is 1. The van der Waals surface area contributed by atoms with Crippen LogP contribution in [0.15, 0.2) is 0 Å². The van der Waals surface area contributed by atoms with Crippen molar-refractivity contribution in [2.24, 2.45) is 5.41 Å². The number of hydrogen-bond donors (Lipinski definition) is 0. The molecule has 0 aromatic heterocycles. The minimum Gasteiger partial charge on any atom is -0.378 e. The van der Waals surface area contributed by atoms with Crippen molar-refractivity contribution in [2.75, 3.05) is 19.8 Å². The molecule has 0 aromatic carbocycles. The van der Waals surface area contributed by atoms with Crippen LogP contribution in [0.1, 0.15) is 26.2 Å². The Morgan fingerprint density at radius 1 is 1.53 bits per heavy atom. The smallest absolute Gasteiger partial charge is 0.138 e. The fourth-order valence-electron chi connectivity index (χ4n) is 2.28. The minimum atomic E-state index is -1.23. The van der Waals surface area contributed by atoms with Gasteiger partial charge in [0.2, 0.25) is 0 Å². The van der Waals surface area contributed by atoms with E-state index in [2.05, 4.69) is 6.07 Å². The number of halogens is 1. The number of ether oxygens (including phenoxy) is 2. The largest absolute Gasteiger partial charge is 0.378 e. The molecule has 0 bridgehead atoms. The minimum absolute atomic E-state index is 0.124. The van der Waals surface area contributed by atoms with E-state index in [1.807, 2.05) is 6.92 Å². The third-order valence-corrected chi connectivity index (χ3v) is 3.23. The van der Waals surface area contributed by atoms with Crippen LogP contribution < -0.4 is 0 Å². The molecule has 0 aromatic rings. The second-order valence-electron chi connectivity index (χ2n) is 4.97. The quantitative estimate of drug-likeness (QED) is 0.702. The zero-order valence-corrected chi connectivity index (χ0v) is 8.96. The Bertz CT molecular complexity index is 283. The van der Waals surface area contributed by atoms with E-state index in [9.17, 15) is 4.39 Å². The molecule has 0 aliphatic carbocycles. The molecule has 2 heterocycles. The first-order valence-corrected chi connectivity index (χ1v) is 5.35. The predicted molar refractivity (Wildman–Crippen MR) is 52.0 cm³/mol. The van der Waals surface area contributed by atoms with Gasteiger partial charge in [-0.2, -0.15) is 5.26 Å². The molecular weight excluding hydrogens is 197 g/mol. The topological polar surface area (TPSA) is 42.2 Å². The van der Waals surface area contributed by atoms with Crippen molar-refractivity contribution in [1.29, 1.82) is 5.26 Å². The fourth-order valence-corrected chi connectivity index (χ4v) is 2.28. The molecule has 0 radical (unpaired) electrons. The molecule has 0 saturated carbocycles. The van der Waals surface area contributed by atoms with Crippen molar-refractivity contribution >= 4 is 0 Å². The SMILES string of the molecule is C[C@@]1(C#N)COC(CC2(F)CCOC2)C1. The summed E-state index contributed by atoms with van der Waals surface area (Å²) in [4.78, 5) is 0. The Hall–Kier alpha value is -0.660. The molecule has 0 N–H and O–H groups in total. The van der Waals surface area contributed by atoms with Gasteiger partial charge in [-0.05, 0) is 13.3 Å². The molecule has 15 heavy (non-hydrogen) atoms. The molecule has 2 rings (SSSR count). The number of nitriles is 1. The number of rotatable bonds is 2. The molecular formula is C11H16FNO2. The van der Waals surface area contributed by atoms with Gasteiger partial charge in [0.05, 0.1) is 30.8 Å². The first-order chi connectivity index (χ1) is 7.05. The lowest BCUT2D eigenvalue weighted by Crippen LogP contribution is -2.29. The zero-order valence-electron chi connectivity index (χ0n) is 8.96. The van der Waals surface area contributed by atoms with Gasteiger partial charge in [0.15, 0.2) is 0 Å². The summed E-state index contributed by atoms with van der Waals surface area (Å²) in [6, 6.07) is 2.23. The number of nitrogens with zero attached hydrogens (tertiary/aromatic N) is 1. The normalized spacial score (nSPS) is 45.5. The van der Waals surface area contributed by atoms with Crippen molar-refractivity contribution in [1.82, 2.24) is 0 Å². The van der Waals surface area contributed by atoms with Crippen molar-refractivity contribution < 1.29 is 13.9 Å². The van der Waals surface area contributed by atoms with E-state index < -0.39 is 11.1 Å².